The van der Waals surface area contributed by atoms with Gasteiger partial charge in [0, 0.05) is 5.56 Å². The molecule has 0 fully saturated rings. The molecule has 1 aliphatic heterocycles. The zero-order chi connectivity index (χ0) is 22.0. The predicted octanol–water partition coefficient (Wildman–Crippen LogP) is 0.880. The summed E-state index contributed by atoms with van der Waals surface area (Å²) in [6.45, 7) is 0.590. The van der Waals surface area contributed by atoms with Gasteiger partial charge in [-0.3, -0.25) is 0 Å². The highest BCUT2D eigenvalue weighted by Gasteiger charge is 2.29. The number of aromatic carboxylic acids is 1. The first-order chi connectivity index (χ1) is 14.9. The molecular formula is C20H21BN6O4. The van der Waals surface area contributed by atoms with Crippen molar-refractivity contribution in [1.29, 1.82) is 0 Å². The van der Waals surface area contributed by atoms with Gasteiger partial charge in [-0.2, -0.15) is 0 Å². The zero-order valence-electron chi connectivity index (χ0n) is 16.6. The average Bonchev–Trinajstić information content (AvgIpc) is 3.20. The Hall–Kier alpha value is -3.86. The van der Waals surface area contributed by atoms with E-state index in [2.05, 4.69) is 15.3 Å². The SMILES string of the molecule is NC(N)=NCc1ccc(-c2cn(Cc3ccc4c(c3C(=O)O)OB(O)CC4)nn2)cc1. The molecule has 10 nitrogen and oxygen atoms in total. The van der Waals surface area contributed by atoms with Gasteiger partial charge < -0.3 is 26.3 Å². The number of benzene rings is 2. The van der Waals surface area contributed by atoms with Gasteiger partial charge in [-0.15, -0.1) is 5.10 Å². The number of carboxylic acids is 1. The molecule has 6 N–H and O–H groups in total. The summed E-state index contributed by atoms with van der Waals surface area (Å²) in [5.74, 6) is -0.854. The molecule has 0 saturated carbocycles. The standard InChI is InChI=1S/C20H21BN6O4/c22-20(23)24-9-12-1-3-13(4-2-12)16-11-27(26-25-16)10-15-6-5-14-7-8-21(30)31-18(14)17(15)19(28)29/h1-6,11,30H,7-10H2,(H,28,29)(H4,22,23,24). The minimum atomic E-state index is -1.11. The molecule has 31 heavy (non-hydrogen) atoms. The third-order valence-electron chi connectivity index (χ3n) is 5.02. The maximum absolute atomic E-state index is 11.9. The van der Waals surface area contributed by atoms with E-state index in [0.29, 0.717) is 30.5 Å². The van der Waals surface area contributed by atoms with E-state index in [1.807, 2.05) is 30.3 Å². The van der Waals surface area contributed by atoms with Crippen LogP contribution in [0.5, 0.6) is 5.75 Å². The Morgan fingerprint density at radius 2 is 2.00 bits per heavy atom. The largest absolute Gasteiger partial charge is 0.535 e. The Bertz CT molecular complexity index is 1140. The highest BCUT2D eigenvalue weighted by Crippen LogP contribution is 2.33. The molecular weight excluding hydrogens is 399 g/mol. The van der Waals surface area contributed by atoms with E-state index in [1.165, 1.54) is 0 Å². The summed E-state index contributed by atoms with van der Waals surface area (Å²) in [6.07, 6.45) is 2.73. The summed E-state index contributed by atoms with van der Waals surface area (Å²) in [7, 11) is -1.01. The first kappa shape index (κ1) is 20.4. The number of hydrogen-bond acceptors (Lipinski definition) is 6. The quantitative estimate of drug-likeness (QED) is 0.260. The van der Waals surface area contributed by atoms with Crippen LogP contribution < -0.4 is 16.1 Å². The van der Waals surface area contributed by atoms with Crippen LogP contribution in [0.15, 0.2) is 47.6 Å². The smallest absolute Gasteiger partial charge is 0.522 e. The summed E-state index contributed by atoms with van der Waals surface area (Å²) in [5, 5.41) is 27.8. The molecule has 2 heterocycles. The lowest BCUT2D eigenvalue weighted by Gasteiger charge is -2.23. The number of carboxylic acid groups (broad SMARTS) is 1. The van der Waals surface area contributed by atoms with Gasteiger partial charge in [0.05, 0.1) is 19.3 Å². The number of rotatable bonds is 6. The Labute approximate surface area is 178 Å². The summed E-state index contributed by atoms with van der Waals surface area (Å²) in [5.41, 5.74) is 14.5. The topological polar surface area (TPSA) is 162 Å². The van der Waals surface area contributed by atoms with Crippen molar-refractivity contribution in [2.75, 3.05) is 0 Å². The van der Waals surface area contributed by atoms with Crippen molar-refractivity contribution in [3.63, 3.8) is 0 Å². The number of guanidine groups is 1. The van der Waals surface area contributed by atoms with Crippen LogP contribution in [-0.2, 0) is 19.5 Å². The molecule has 0 amide bonds. The fourth-order valence-corrected chi connectivity index (χ4v) is 3.48. The molecule has 0 atom stereocenters. The average molecular weight is 420 g/mol. The second-order valence-electron chi connectivity index (χ2n) is 7.24. The van der Waals surface area contributed by atoms with Crippen LogP contribution in [0, 0.1) is 0 Å². The molecule has 0 radical (unpaired) electrons. The molecule has 0 saturated heterocycles. The number of aryl methyl sites for hydroxylation is 1. The number of nitrogens with zero attached hydrogens (tertiary/aromatic N) is 4. The number of carbonyl (C=O) groups is 1. The number of aromatic nitrogens is 3. The maximum atomic E-state index is 11.9. The van der Waals surface area contributed by atoms with Crippen molar-refractivity contribution in [2.24, 2.45) is 16.5 Å². The molecule has 158 valence electrons. The van der Waals surface area contributed by atoms with Crippen molar-refractivity contribution in [2.45, 2.75) is 25.8 Å². The number of fused-ring (bicyclic) bond motifs is 1. The summed E-state index contributed by atoms with van der Waals surface area (Å²) < 4.78 is 6.99. The Morgan fingerprint density at radius 1 is 1.23 bits per heavy atom. The van der Waals surface area contributed by atoms with Crippen LogP contribution in [-0.4, -0.2) is 44.2 Å². The lowest BCUT2D eigenvalue weighted by Crippen LogP contribution is -2.28. The molecule has 3 aromatic rings. The number of nitrogens with two attached hydrogens (primary N) is 2. The second kappa shape index (κ2) is 8.48. The van der Waals surface area contributed by atoms with E-state index in [-0.39, 0.29) is 23.8 Å². The lowest BCUT2D eigenvalue weighted by atomic mass is 9.78. The molecule has 11 heteroatoms. The van der Waals surface area contributed by atoms with E-state index in [1.54, 1.807) is 16.9 Å². The van der Waals surface area contributed by atoms with Crippen LogP contribution in [0.2, 0.25) is 6.32 Å². The first-order valence-corrected chi connectivity index (χ1v) is 9.68. The van der Waals surface area contributed by atoms with Crippen LogP contribution in [0.1, 0.15) is 27.0 Å². The summed E-state index contributed by atoms with van der Waals surface area (Å²) in [6, 6.07) is 11.2. The molecule has 1 aromatic heterocycles. The summed E-state index contributed by atoms with van der Waals surface area (Å²) in [4.78, 5) is 15.9. The van der Waals surface area contributed by atoms with Gasteiger partial charge in [0.15, 0.2) is 5.96 Å². The second-order valence-corrected chi connectivity index (χ2v) is 7.24. The van der Waals surface area contributed by atoms with Gasteiger partial charge >= 0.3 is 13.1 Å². The van der Waals surface area contributed by atoms with Crippen molar-refractivity contribution < 1.29 is 19.6 Å². The van der Waals surface area contributed by atoms with Crippen molar-refractivity contribution in [1.82, 2.24) is 15.0 Å². The molecule has 4 rings (SSSR count). The maximum Gasteiger partial charge on any atom is 0.522 e. The van der Waals surface area contributed by atoms with Crippen LogP contribution in [0.3, 0.4) is 0 Å². The minimum absolute atomic E-state index is 0.0369. The zero-order valence-corrected chi connectivity index (χ0v) is 16.6. The molecule has 2 aromatic carbocycles. The van der Waals surface area contributed by atoms with E-state index in [9.17, 15) is 14.9 Å². The van der Waals surface area contributed by atoms with Crippen molar-refractivity contribution in [3.8, 4) is 17.0 Å². The monoisotopic (exact) mass is 420 g/mol. The van der Waals surface area contributed by atoms with Crippen LogP contribution >= 0.6 is 0 Å². The molecule has 0 unspecified atom stereocenters. The molecule has 1 aliphatic rings. The van der Waals surface area contributed by atoms with E-state index in [4.69, 9.17) is 16.1 Å². The van der Waals surface area contributed by atoms with Crippen LogP contribution in [0.25, 0.3) is 11.3 Å². The fraction of sp³-hybridized carbons (Fsp3) is 0.200. The van der Waals surface area contributed by atoms with Crippen LogP contribution in [0.4, 0.5) is 0 Å². The van der Waals surface area contributed by atoms with E-state index >= 15 is 0 Å². The highest BCUT2D eigenvalue weighted by atomic mass is 16.5. The highest BCUT2D eigenvalue weighted by molar-refractivity contribution is 6.44. The third-order valence-corrected chi connectivity index (χ3v) is 5.02. The minimum Gasteiger partial charge on any atom is -0.535 e. The Kier molecular flexibility index (Phi) is 5.59. The van der Waals surface area contributed by atoms with Gasteiger partial charge in [0.2, 0.25) is 0 Å². The van der Waals surface area contributed by atoms with Gasteiger partial charge in [0.25, 0.3) is 0 Å². The molecule has 0 aliphatic carbocycles. The molecule has 0 spiro atoms. The van der Waals surface area contributed by atoms with Gasteiger partial charge in [-0.1, -0.05) is 41.6 Å². The van der Waals surface area contributed by atoms with Gasteiger partial charge in [-0.25, -0.2) is 14.5 Å². The van der Waals surface area contributed by atoms with Crippen molar-refractivity contribution in [3.05, 3.63) is 64.8 Å². The third kappa shape index (κ3) is 4.51. The normalized spacial score (nSPS) is 12.7. The lowest BCUT2D eigenvalue weighted by molar-refractivity contribution is 0.0693. The van der Waals surface area contributed by atoms with Gasteiger partial charge in [0.1, 0.15) is 17.0 Å². The fourth-order valence-electron chi connectivity index (χ4n) is 3.48. The van der Waals surface area contributed by atoms with Gasteiger partial charge in [-0.05, 0) is 29.4 Å². The Morgan fingerprint density at radius 3 is 2.71 bits per heavy atom. The number of aliphatic imine (C=N–C) groups is 1. The Balaban J connectivity index is 1.56. The molecule has 0 bridgehead atoms. The first-order valence-electron chi connectivity index (χ1n) is 9.68. The van der Waals surface area contributed by atoms with E-state index < -0.39 is 13.1 Å². The summed E-state index contributed by atoms with van der Waals surface area (Å²) >= 11 is 0. The predicted molar refractivity (Wildman–Crippen MR) is 115 cm³/mol. The van der Waals surface area contributed by atoms with E-state index in [0.717, 1.165) is 16.7 Å². The number of hydrogen-bond donors (Lipinski definition) is 4. The van der Waals surface area contributed by atoms with Crippen molar-refractivity contribution >= 4 is 19.0 Å².